The fourth-order valence-electron chi connectivity index (χ4n) is 1.86. The van der Waals surface area contributed by atoms with Crippen LogP contribution in [-0.2, 0) is 11.2 Å². The van der Waals surface area contributed by atoms with Gasteiger partial charge in [0, 0.05) is 18.0 Å². The van der Waals surface area contributed by atoms with Crippen LogP contribution in [0.5, 0.6) is 5.75 Å². The van der Waals surface area contributed by atoms with Crippen molar-refractivity contribution < 1.29 is 14.6 Å². The molecular weight excluding hydrogens is 284 g/mol. The van der Waals surface area contributed by atoms with E-state index in [1.54, 1.807) is 14.2 Å². The third-order valence-corrected chi connectivity index (χ3v) is 3.30. The summed E-state index contributed by atoms with van der Waals surface area (Å²) in [5.41, 5.74) is 0.977. The van der Waals surface area contributed by atoms with Crippen LogP contribution in [0.15, 0.2) is 22.7 Å². The summed E-state index contributed by atoms with van der Waals surface area (Å²) in [6.07, 6.45) is 0.648. The summed E-state index contributed by atoms with van der Waals surface area (Å²) in [6, 6.07) is 5.77. The predicted octanol–water partition coefficient (Wildman–Crippen LogP) is 2.79. The number of hydrogen-bond acceptors (Lipinski definition) is 3. The van der Waals surface area contributed by atoms with E-state index in [1.807, 2.05) is 25.1 Å². The Bertz CT molecular complexity index is 351. The Morgan fingerprint density at radius 1 is 1.35 bits per heavy atom. The molecule has 0 fully saturated rings. The van der Waals surface area contributed by atoms with Gasteiger partial charge in [-0.15, -0.1) is 0 Å². The minimum Gasteiger partial charge on any atom is -0.496 e. The molecule has 0 bridgehead atoms. The predicted molar refractivity (Wildman–Crippen MR) is 71.5 cm³/mol. The number of aliphatic hydroxyl groups is 1. The maximum absolute atomic E-state index is 10.1. The van der Waals surface area contributed by atoms with Crippen LogP contribution in [0.25, 0.3) is 0 Å². The third-order valence-electron chi connectivity index (χ3n) is 2.81. The molecule has 0 aliphatic heterocycles. The minimum atomic E-state index is -0.520. The van der Waals surface area contributed by atoms with Gasteiger partial charge in [0.25, 0.3) is 0 Å². The van der Waals surface area contributed by atoms with E-state index in [4.69, 9.17) is 9.47 Å². The largest absolute Gasteiger partial charge is 0.496 e. The second kappa shape index (κ2) is 6.99. The molecular formula is C13H19BrO3. The first-order chi connectivity index (χ1) is 8.12. The molecule has 0 aliphatic rings. The zero-order valence-electron chi connectivity index (χ0n) is 10.4. The zero-order chi connectivity index (χ0) is 12.8. The van der Waals surface area contributed by atoms with Crippen molar-refractivity contribution in [2.75, 3.05) is 14.2 Å². The fourth-order valence-corrected chi connectivity index (χ4v) is 2.27. The number of methoxy groups -OCH3 is 2. The highest BCUT2D eigenvalue weighted by Gasteiger charge is 2.19. The van der Waals surface area contributed by atoms with Gasteiger partial charge in [0.15, 0.2) is 0 Å². The Morgan fingerprint density at radius 3 is 2.59 bits per heavy atom. The van der Waals surface area contributed by atoms with Crippen molar-refractivity contribution in [3.8, 4) is 5.75 Å². The summed E-state index contributed by atoms with van der Waals surface area (Å²) in [5, 5.41) is 10.1. The standard InChI is InChI=1S/C13H19BrO3/c1-4-12(16-2)11(15)8-9-7-10(14)5-6-13(9)17-3/h5-7,11-12,15H,4,8H2,1-3H3. The zero-order valence-corrected chi connectivity index (χ0v) is 12.0. The summed E-state index contributed by atoms with van der Waals surface area (Å²) in [4.78, 5) is 0. The molecule has 0 aromatic heterocycles. The number of rotatable bonds is 6. The van der Waals surface area contributed by atoms with Gasteiger partial charge < -0.3 is 14.6 Å². The Morgan fingerprint density at radius 2 is 2.06 bits per heavy atom. The average molecular weight is 303 g/mol. The van der Waals surface area contributed by atoms with Gasteiger partial charge in [-0.25, -0.2) is 0 Å². The molecule has 0 amide bonds. The summed E-state index contributed by atoms with van der Waals surface area (Å²) in [7, 11) is 3.25. The molecule has 1 N–H and O–H groups in total. The van der Waals surface area contributed by atoms with Gasteiger partial charge in [-0.2, -0.15) is 0 Å². The first-order valence-corrected chi connectivity index (χ1v) is 6.45. The molecule has 0 radical (unpaired) electrons. The molecule has 2 atom stereocenters. The van der Waals surface area contributed by atoms with Crippen molar-refractivity contribution in [3.05, 3.63) is 28.2 Å². The Balaban J connectivity index is 2.82. The summed E-state index contributed by atoms with van der Waals surface area (Å²) in [5.74, 6) is 0.790. The van der Waals surface area contributed by atoms with Crippen molar-refractivity contribution in [1.82, 2.24) is 0 Å². The molecule has 1 rings (SSSR count). The molecule has 0 heterocycles. The van der Waals surface area contributed by atoms with Gasteiger partial charge in [-0.1, -0.05) is 22.9 Å². The molecule has 0 aliphatic carbocycles. The number of halogens is 1. The van der Waals surface area contributed by atoms with Crippen LogP contribution in [0.2, 0.25) is 0 Å². The van der Waals surface area contributed by atoms with Gasteiger partial charge in [-0.3, -0.25) is 0 Å². The molecule has 1 aromatic rings. The second-order valence-corrected chi connectivity index (χ2v) is 4.83. The number of ether oxygens (including phenoxy) is 2. The first-order valence-electron chi connectivity index (χ1n) is 5.65. The average Bonchev–Trinajstić information content (AvgIpc) is 2.31. The lowest BCUT2D eigenvalue weighted by molar-refractivity contribution is -0.0130. The molecule has 17 heavy (non-hydrogen) atoms. The Kier molecular flexibility index (Phi) is 5.95. The summed E-state index contributed by atoms with van der Waals surface area (Å²) in [6.45, 7) is 2.00. The van der Waals surface area contributed by atoms with Crippen LogP contribution in [-0.4, -0.2) is 31.5 Å². The lowest BCUT2D eigenvalue weighted by Gasteiger charge is -2.21. The van der Waals surface area contributed by atoms with Crippen LogP contribution in [0.1, 0.15) is 18.9 Å². The van der Waals surface area contributed by atoms with Crippen LogP contribution in [0.4, 0.5) is 0 Å². The van der Waals surface area contributed by atoms with Crippen LogP contribution in [0.3, 0.4) is 0 Å². The van der Waals surface area contributed by atoms with Gasteiger partial charge in [0.05, 0.1) is 19.3 Å². The maximum Gasteiger partial charge on any atom is 0.122 e. The summed E-state index contributed by atoms with van der Waals surface area (Å²) < 4.78 is 11.5. The number of hydrogen-bond donors (Lipinski definition) is 1. The summed E-state index contributed by atoms with van der Waals surface area (Å²) >= 11 is 3.42. The van der Waals surface area contributed by atoms with Gasteiger partial charge in [0.2, 0.25) is 0 Å². The second-order valence-electron chi connectivity index (χ2n) is 3.91. The van der Waals surface area contributed by atoms with E-state index < -0.39 is 6.10 Å². The van der Waals surface area contributed by atoms with Gasteiger partial charge in [-0.05, 0) is 30.2 Å². The van der Waals surface area contributed by atoms with Crippen molar-refractivity contribution in [3.63, 3.8) is 0 Å². The molecule has 0 spiro atoms. The monoisotopic (exact) mass is 302 g/mol. The Hall–Kier alpha value is -0.580. The highest BCUT2D eigenvalue weighted by atomic mass is 79.9. The topological polar surface area (TPSA) is 38.7 Å². The molecule has 0 saturated heterocycles. The van der Waals surface area contributed by atoms with E-state index in [2.05, 4.69) is 15.9 Å². The normalized spacial score (nSPS) is 14.4. The fraction of sp³-hybridized carbons (Fsp3) is 0.538. The lowest BCUT2D eigenvalue weighted by Crippen LogP contribution is -2.29. The number of benzene rings is 1. The van der Waals surface area contributed by atoms with E-state index in [-0.39, 0.29) is 6.10 Å². The van der Waals surface area contributed by atoms with E-state index in [0.29, 0.717) is 6.42 Å². The third kappa shape index (κ3) is 3.98. The first kappa shape index (κ1) is 14.5. The maximum atomic E-state index is 10.1. The minimum absolute atomic E-state index is 0.140. The number of aliphatic hydroxyl groups excluding tert-OH is 1. The van der Waals surface area contributed by atoms with Crippen molar-refractivity contribution >= 4 is 15.9 Å². The van der Waals surface area contributed by atoms with E-state index in [1.165, 1.54) is 0 Å². The van der Waals surface area contributed by atoms with Crippen molar-refractivity contribution in [2.45, 2.75) is 32.0 Å². The molecule has 2 unspecified atom stereocenters. The van der Waals surface area contributed by atoms with Gasteiger partial charge >= 0.3 is 0 Å². The molecule has 4 heteroatoms. The van der Waals surface area contributed by atoms with E-state index in [9.17, 15) is 5.11 Å². The van der Waals surface area contributed by atoms with Gasteiger partial charge in [0.1, 0.15) is 5.75 Å². The molecule has 0 saturated carbocycles. The lowest BCUT2D eigenvalue weighted by atomic mass is 10.0. The van der Waals surface area contributed by atoms with Crippen LogP contribution in [0, 0.1) is 0 Å². The molecule has 1 aromatic carbocycles. The highest BCUT2D eigenvalue weighted by molar-refractivity contribution is 9.10. The Labute approximate surface area is 111 Å². The van der Waals surface area contributed by atoms with E-state index in [0.717, 1.165) is 22.2 Å². The van der Waals surface area contributed by atoms with Crippen LogP contribution < -0.4 is 4.74 Å². The molecule has 96 valence electrons. The SMILES string of the molecule is CCC(OC)C(O)Cc1cc(Br)ccc1OC. The van der Waals surface area contributed by atoms with Crippen molar-refractivity contribution in [2.24, 2.45) is 0 Å². The molecule has 3 nitrogen and oxygen atoms in total. The van der Waals surface area contributed by atoms with Crippen LogP contribution >= 0.6 is 15.9 Å². The highest BCUT2D eigenvalue weighted by Crippen LogP contribution is 2.25. The smallest absolute Gasteiger partial charge is 0.122 e. The quantitative estimate of drug-likeness (QED) is 0.878. The van der Waals surface area contributed by atoms with E-state index >= 15 is 0 Å². The van der Waals surface area contributed by atoms with Crippen molar-refractivity contribution in [1.29, 1.82) is 0 Å².